The number of amides is 1. The number of hydrogen-bond donors (Lipinski definition) is 1. The Kier molecular flexibility index (Phi) is 7.66. The van der Waals surface area contributed by atoms with E-state index in [4.69, 9.17) is 9.97 Å². The molecular weight excluding hydrogens is 460 g/mol. The number of aryl methyl sites for hydroxylation is 1. The van der Waals surface area contributed by atoms with E-state index in [9.17, 15) is 9.59 Å². The first kappa shape index (κ1) is 24.8. The van der Waals surface area contributed by atoms with Crippen LogP contribution in [0.4, 0.5) is 0 Å². The van der Waals surface area contributed by atoms with E-state index < -0.39 is 0 Å². The molecule has 1 fully saturated rings. The molecule has 1 aliphatic rings. The zero-order chi connectivity index (χ0) is 25.6. The van der Waals surface area contributed by atoms with Crippen LogP contribution in [0.2, 0.25) is 0 Å². The summed E-state index contributed by atoms with van der Waals surface area (Å²) in [6, 6.07) is 26.1. The first-order valence-corrected chi connectivity index (χ1v) is 13.0. The largest absolute Gasteiger partial charge is 0.335 e. The zero-order valence-corrected chi connectivity index (χ0v) is 21.2. The van der Waals surface area contributed by atoms with Gasteiger partial charge in [-0.05, 0) is 49.9 Å². The SMILES string of the molecule is CC(=O)CCCCc1nc2cc(C(=O)N3CCNC(c4ccccc4)C3)ccc2nc1-c1ccccc1. The molecule has 0 aliphatic carbocycles. The van der Waals surface area contributed by atoms with Gasteiger partial charge in [0.25, 0.3) is 5.91 Å². The van der Waals surface area contributed by atoms with Gasteiger partial charge in [-0.2, -0.15) is 0 Å². The maximum Gasteiger partial charge on any atom is 0.254 e. The summed E-state index contributed by atoms with van der Waals surface area (Å²) in [5.41, 5.74) is 6.09. The van der Waals surface area contributed by atoms with E-state index in [0.29, 0.717) is 25.1 Å². The third kappa shape index (κ3) is 5.92. The number of piperazine rings is 1. The van der Waals surface area contributed by atoms with E-state index in [1.807, 2.05) is 71.6 Å². The fraction of sp³-hybridized carbons (Fsp3) is 0.290. The molecule has 4 aromatic rings. The number of nitrogens with one attached hydrogen (secondary N) is 1. The summed E-state index contributed by atoms with van der Waals surface area (Å²) in [5, 5.41) is 3.52. The normalized spacial score (nSPS) is 15.6. The van der Waals surface area contributed by atoms with Crippen molar-refractivity contribution in [2.75, 3.05) is 19.6 Å². The smallest absolute Gasteiger partial charge is 0.254 e. The summed E-state index contributed by atoms with van der Waals surface area (Å²) >= 11 is 0. The summed E-state index contributed by atoms with van der Waals surface area (Å²) in [6.07, 6.45) is 3.00. The van der Waals surface area contributed by atoms with E-state index in [-0.39, 0.29) is 17.7 Å². The van der Waals surface area contributed by atoms with Gasteiger partial charge in [-0.25, -0.2) is 9.97 Å². The molecule has 2 heterocycles. The van der Waals surface area contributed by atoms with Crippen molar-refractivity contribution in [1.82, 2.24) is 20.2 Å². The predicted octanol–water partition coefficient (Wildman–Crippen LogP) is 5.39. The number of benzene rings is 3. The van der Waals surface area contributed by atoms with Gasteiger partial charge in [0.2, 0.25) is 0 Å². The quantitative estimate of drug-likeness (QED) is 0.334. The van der Waals surface area contributed by atoms with Crippen molar-refractivity contribution in [2.45, 2.75) is 38.6 Å². The van der Waals surface area contributed by atoms with E-state index in [1.54, 1.807) is 6.92 Å². The van der Waals surface area contributed by atoms with Gasteiger partial charge < -0.3 is 15.0 Å². The molecule has 0 saturated carbocycles. The van der Waals surface area contributed by atoms with Crippen LogP contribution in [0.1, 0.15) is 53.8 Å². The zero-order valence-electron chi connectivity index (χ0n) is 21.2. The lowest BCUT2D eigenvalue weighted by Crippen LogP contribution is -2.48. The van der Waals surface area contributed by atoms with Gasteiger partial charge in [-0.3, -0.25) is 4.79 Å². The molecule has 1 aliphatic heterocycles. The van der Waals surface area contributed by atoms with Crippen molar-refractivity contribution in [3.05, 3.63) is 95.7 Å². The van der Waals surface area contributed by atoms with Crippen LogP contribution >= 0.6 is 0 Å². The average Bonchev–Trinajstić information content (AvgIpc) is 2.95. The lowest BCUT2D eigenvalue weighted by Gasteiger charge is -2.34. The molecule has 1 amide bonds. The van der Waals surface area contributed by atoms with Crippen molar-refractivity contribution in [1.29, 1.82) is 0 Å². The van der Waals surface area contributed by atoms with Crippen molar-refractivity contribution in [3.8, 4) is 11.3 Å². The number of carbonyl (C=O) groups is 2. The van der Waals surface area contributed by atoms with Gasteiger partial charge >= 0.3 is 0 Å². The fourth-order valence-corrected chi connectivity index (χ4v) is 4.92. The highest BCUT2D eigenvalue weighted by Crippen LogP contribution is 2.26. The highest BCUT2D eigenvalue weighted by atomic mass is 16.2. The Morgan fingerprint density at radius 3 is 2.43 bits per heavy atom. The summed E-state index contributed by atoms with van der Waals surface area (Å²) in [6.45, 7) is 3.68. The molecule has 1 N–H and O–H groups in total. The van der Waals surface area contributed by atoms with Gasteiger partial charge in [-0.15, -0.1) is 0 Å². The Bertz CT molecular complexity index is 1390. The van der Waals surface area contributed by atoms with Gasteiger partial charge in [0, 0.05) is 43.2 Å². The summed E-state index contributed by atoms with van der Waals surface area (Å²) in [7, 11) is 0. The Morgan fingerprint density at radius 1 is 0.919 bits per heavy atom. The molecule has 1 saturated heterocycles. The number of aromatic nitrogens is 2. The minimum atomic E-state index is 0.0151. The Morgan fingerprint density at radius 2 is 1.68 bits per heavy atom. The van der Waals surface area contributed by atoms with Crippen molar-refractivity contribution in [2.24, 2.45) is 0 Å². The molecule has 1 atom stereocenters. The number of nitrogens with zero attached hydrogens (tertiary/aromatic N) is 3. The van der Waals surface area contributed by atoms with Crippen LogP contribution in [0, 0.1) is 0 Å². The Balaban J connectivity index is 1.41. The molecule has 6 nitrogen and oxygen atoms in total. The topological polar surface area (TPSA) is 75.2 Å². The molecule has 0 bridgehead atoms. The molecule has 1 aromatic heterocycles. The summed E-state index contributed by atoms with van der Waals surface area (Å²) in [5.74, 6) is 0.222. The van der Waals surface area contributed by atoms with Crippen LogP contribution in [0.15, 0.2) is 78.9 Å². The third-order valence-electron chi connectivity index (χ3n) is 6.89. The second kappa shape index (κ2) is 11.4. The van der Waals surface area contributed by atoms with Gasteiger partial charge in [0.1, 0.15) is 5.78 Å². The fourth-order valence-electron chi connectivity index (χ4n) is 4.92. The standard InChI is InChI=1S/C31H32N4O2/c1-22(36)10-8-9-15-27-30(24-13-6-3-7-14-24)34-26-17-16-25(20-28(26)33-27)31(37)35-19-18-32-29(21-35)23-11-4-2-5-12-23/h2-7,11-14,16-17,20,29,32H,8-10,15,18-19,21H2,1H3. The molecule has 6 heteroatoms. The van der Waals surface area contributed by atoms with Crippen molar-refractivity contribution < 1.29 is 9.59 Å². The first-order valence-electron chi connectivity index (χ1n) is 13.0. The van der Waals surface area contributed by atoms with Crippen molar-refractivity contribution >= 4 is 22.7 Å². The number of Topliss-reactive ketones (excluding diaryl/α,β-unsaturated/α-hetero) is 1. The first-order chi connectivity index (χ1) is 18.1. The molecule has 0 radical (unpaired) electrons. The van der Waals surface area contributed by atoms with E-state index in [2.05, 4.69) is 17.4 Å². The van der Waals surface area contributed by atoms with Gasteiger partial charge in [0.15, 0.2) is 0 Å². The average molecular weight is 493 g/mol. The molecule has 1 unspecified atom stereocenters. The predicted molar refractivity (Wildman–Crippen MR) is 146 cm³/mol. The van der Waals surface area contributed by atoms with Crippen LogP contribution < -0.4 is 5.32 Å². The lowest BCUT2D eigenvalue weighted by molar-refractivity contribution is -0.117. The number of rotatable bonds is 8. The highest BCUT2D eigenvalue weighted by Gasteiger charge is 2.25. The van der Waals surface area contributed by atoms with Crippen molar-refractivity contribution in [3.63, 3.8) is 0 Å². The lowest BCUT2D eigenvalue weighted by atomic mass is 10.0. The van der Waals surface area contributed by atoms with E-state index >= 15 is 0 Å². The monoisotopic (exact) mass is 492 g/mol. The van der Waals surface area contributed by atoms with Gasteiger partial charge in [0.05, 0.1) is 22.4 Å². The van der Waals surface area contributed by atoms with Crippen LogP contribution in [-0.2, 0) is 11.2 Å². The van der Waals surface area contributed by atoms with Crippen LogP contribution in [0.3, 0.4) is 0 Å². The van der Waals surface area contributed by atoms with E-state index in [0.717, 1.165) is 53.8 Å². The number of ketones is 1. The number of unbranched alkanes of at least 4 members (excludes halogenated alkanes) is 1. The van der Waals surface area contributed by atoms with Crippen LogP contribution in [0.25, 0.3) is 22.3 Å². The maximum absolute atomic E-state index is 13.5. The Labute approximate surface area is 217 Å². The van der Waals surface area contributed by atoms with E-state index in [1.165, 1.54) is 5.56 Å². The molecule has 188 valence electrons. The van der Waals surface area contributed by atoms with Crippen LogP contribution in [0.5, 0.6) is 0 Å². The number of carbonyl (C=O) groups excluding carboxylic acids is 2. The summed E-state index contributed by atoms with van der Waals surface area (Å²) < 4.78 is 0. The molecule has 0 spiro atoms. The maximum atomic E-state index is 13.5. The molecule has 5 rings (SSSR count). The molecular formula is C31H32N4O2. The Hall–Kier alpha value is -3.90. The minimum absolute atomic E-state index is 0.0151. The minimum Gasteiger partial charge on any atom is -0.335 e. The molecule has 3 aromatic carbocycles. The van der Waals surface area contributed by atoms with Gasteiger partial charge in [-0.1, -0.05) is 60.7 Å². The second-order valence-corrected chi connectivity index (χ2v) is 9.67. The summed E-state index contributed by atoms with van der Waals surface area (Å²) in [4.78, 5) is 36.7. The number of fused-ring (bicyclic) bond motifs is 1. The number of hydrogen-bond acceptors (Lipinski definition) is 5. The highest BCUT2D eigenvalue weighted by molar-refractivity contribution is 5.97. The second-order valence-electron chi connectivity index (χ2n) is 9.67. The van der Waals surface area contributed by atoms with Crippen LogP contribution in [-0.4, -0.2) is 46.2 Å². The third-order valence-corrected chi connectivity index (χ3v) is 6.89. The molecule has 37 heavy (non-hydrogen) atoms.